The molecule has 6 rings (SSSR count). The monoisotopic (exact) mass is 810 g/mol. The number of ketones is 1. The van der Waals surface area contributed by atoms with E-state index < -0.39 is 101 Å². The first-order chi connectivity index (χ1) is 27.2. The molecule has 7 N–H and O–H groups in total. The predicted molar refractivity (Wildman–Crippen MR) is 216 cm³/mol. The van der Waals surface area contributed by atoms with Crippen LogP contribution in [0.2, 0.25) is 0 Å². The molecule has 0 radical (unpaired) electrons. The molecule has 4 heterocycles. The summed E-state index contributed by atoms with van der Waals surface area (Å²) in [5.41, 5.74) is 0.384. The number of allylic oxidation sites excluding steroid dienone is 2. The number of carbonyl (C=O) groups excluding carboxylic acids is 3. The van der Waals surface area contributed by atoms with Crippen molar-refractivity contribution in [2.75, 3.05) is 23.9 Å². The normalized spacial score (nSPS) is 34.9. The molecule has 58 heavy (non-hydrogen) atoms. The van der Waals surface area contributed by atoms with Gasteiger partial charge in [-0.2, -0.15) is 0 Å². The lowest BCUT2D eigenvalue weighted by Gasteiger charge is -2.38. The summed E-state index contributed by atoms with van der Waals surface area (Å²) in [6.07, 6.45) is 1.89. The number of Topliss-reactive ketones (excluding diaryl/α,β-unsaturated/α-hetero) is 1. The highest BCUT2D eigenvalue weighted by atomic mass is 16.7. The molecule has 0 aromatic heterocycles. The minimum atomic E-state index is -2.01. The standard InChI is InChI=1S/C43H58N2O13/c1-19-12-11-13-20(2)42(54)44-27-18-28(45-16-14-29(48)34(45)25(7)46)31-32(38(27)52)37(51)24(6)40-33(31)41(53)43(9,58-40)56-17-15-30(55-10)21(3)39(57-26(8)47)23(5)36(50)22(4)35(19)49/h11-13,15,17-19,21-23,25,29-30,34-36,39,46,48-52H,14,16H2,1-10H3,(H,44,54)/b12-11+,17-15+,20-13+. The molecule has 15 heteroatoms. The molecule has 12 atom stereocenters. The van der Waals surface area contributed by atoms with Crippen molar-refractivity contribution < 1.29 is 64.0 Å². The third-order valence-electron chi connectivity index (χ3n) is 12.1. The molecule has 5 bridgehead atoms. The summed E-state index contributed by atoms with van der Waals surface area (Å²) in [4.78, 5) is 42.3. The number of phenolic OH excluding ortho intramolecular Hbond substituents is 2. The Bertz CT molecular complexity index is 2010. The number of methoxy groups -OCH3 is 1. The Hall–Kier alpha value is -4.67. The van der Waals surface area contributed by atoms with Crippen LogP contribution in [0, 0.1) is 30.6 Å². The molecule has 4 aliphatic heterocycles. The smallest absolute Gasteiger partial charge is 0.312 e. The second kappa shape index (κ2) is 17.3. The van der Waals surface area contributed by atoms with Gasteiger partial charge in [0.2, 0.25) is 0 Å². The summed E-state index contributed by atoms with van der Waals surface area (Å²) in [5, 5.41) is 70.7. The van der Waals surface area contributed by atoms with E-state index in [-0.39, 0.29) is 57.6 Å². The van der Waals surface area contributed by atoms with Gasteiger partial charge in [-0.15, -0.1) is 0 Å². The molecule has 318 valence electrons. The second-order valence-electron chi connectivity index (χ2n) is 16.2. The van der Waals surface area contributed by atoms with E-state index in [0.717, 1.165) is 0 Å². The van der Waals surface area contributed by atoms with Crippen molar-refractivity contribution in [3.63, 3.8) is 0 Å². The maximum absolute atomic E-state index is 14.6. The average molecular weight is 811 g/mol. The van der Waals surface area contributed by atoms with Crippen molar-refractivity contribution >= 4 is 39.8 Å². The van der Waals surface area contributed by atoms with Crippen LogP contribution in [-0.2, 0) is 23.8 Å². The van der Waals surface area contributed by atoms with Crippen molar-refractivity contribution in [1.29, 1.82) is 0 Å². The number of hydrogen-bond donors (Lipinski definition) is 7. The van der Waals surface area contributed by atoms with Crippen LogP contribution < -0.4 is 15.0 Å². The van der Waals surface area contributed by atoms with E-state index in [2.05, 4.69) is 5.32 Å². The zero-order valence-corrected chi connectivity index (χ0v) is 34.7. The summed E-state index contributed by atoms with van der Waals surface area (Å²) < 4.78 is 23.8. The number of anilines is 2. The quantitative estimate of drug-likeness (QED) is 0.168. The minimum Gasteiger partial charge on any atom is -0.507 e. The molecule has 2 aromatic rings. The van der Waals surface area contributed by atoms with Gasteiger partial charge in [0.15, 0.2) is 5.75 Å². The van der Waals surface area contributed by atoms with E-state index in [4.69, 9.17) is 18.9 Å². The van der Waals surface area contributed by atoms with E-state index >= 15 is 0 Å². The molecule has 1 amide bonds. The molecule has 0 aliphatic carbocycles. The third-order valence-corrected chi connectivity index (χ3v) is 12.1. The number of phenols is 2. The lowest BCUT2D eigenvalue weighted by atomic mass is 9.78. The van der Waals surface area contributed by atoms with Crippen molar-refractivity contribution in [2.24, 2.45) is 23.7 Å². The summed E-state index contributed by atoms with van der Waals surface area (Å²) in [7, 11) is 1.44. The lowest BCUT2D eigenvalue weighted by molar-refractivity contribution is -0.160. The first-order valence-electron chi connectivity index (χ1n) is 19.6. The molecule has 12 unspecified atom stereocenters. The van der Waals surface area contributed by atoms with Crippen LogP contribution >= 0.6 is 0 Å². The maximum Gasteiger partial charge on any atom is 0.312 e. The van der Waals surface area contributed by atoms with Crippen LogP contribution in [0.3, 0.4) is 0 Å². The van der Waals surface area contributed by atoms with Crippen molar-refractivity contribution in [2.45, 2.75) is 117 Å². The number of nitrogens with one attached hydrogen (secondary N) is 1. The van der Waals surface area contributed by atoms with E-state index in [9.17, 15) is 45.0 Å². The molecule has 1 saturated heterocycles. The first kappa shape index (κ1) is 44.4. The highest BCUT2D eigenvalue weighted by molar-refractivity contribution is 6.23. The molecular formula is C43H58N2O13. The lowest BCUT2D eigenvalue weighted by Crippen LogP contribution is -2.46. The summed E-state index contributed by atoms with van der Waals surface area (Å²) in [5.74, 6) is -7.35. The number of nitrogens with zero attached hydrogens (tertiary/aromatic N) is 1. The number of esters is 1. The number of ether oxygens (including phenoxy) is 4. The Labute approximate surface area is 338 Å². The SMILES string of the molecule is COC1/C=C/OC2(C)Oc3c(C)c(O)c4c(O)c(cc(N5CCC(O)C5C(C)O)c4c3C2=O)NC(=O)/C(C)=C/C=C/C(C)C(O)C(C)C(O)C(C)C(OC(C)=O)C1C. The van der Waals surface area contributed by atoms with E-state index in [1.54, 1.807) is 51.7 Å². The number of aromatic hydroxyl groups is 2. The molecule has 1 fully saturated rings. The Balaban J connectivity index is 1.73. The Kier molecular flexibility index (Phi) is 13.2. The highest BCUT2D eigenvalue weighted by Gasteiger charge is 2.50. The fourth-order valence-electron chi connectivity index (χ4n) is 8.54. The number of aliphatic hydroxyl groups is 4. The first-order valence-corrected chi connectivity index (χ1v) is 19.6. The minimum absolute atomic E-state index is 0.0207. The molecule has 15 nitrogen and oxygen atoms in total. The largest absolute Gasteiger partial charge is 0.507 e. The Morgan fingerprint density at radius 2 is 1.67 bits per heavy atom. The topological polar surface area (TPSA) is 225 Å². The van der Waals surface area contributed by atoms with Gasteiger partial charge in [-0.1, -0.05) is 45.9 Å². The summed E-state index contributed by atoms with van der Waals surface area (Å²) in [6, 6.07) is 0.573. The Morgan fingerprint density at radius 1 is 1.00 bits per heavy atom. The van der Waals surface area contributed by atoms with Crippen molar-refractivity contribution in [3.05, 3.63) is 53.3 Å². The maximum atomic E-state index is 14.6. The number of hydrogen-bond acceptors (Lipinski definition) is 14. The number of amides is 1. The molecular weight excluding hydrogens is 752 g/mol. The summed E-state index contributed by atoms with van der Waals surface area (Å²) >= 11 is 0. The highest BCUT2D eigenvalue weighted by Crippen LogP contribution is 2.54. The third kappa shape index (κ3) is 8.15. The van der Waals surface area contributed by atoms with Gasteiger partial charge in [0.05, 0.1) is 59.5 Å². The van der Waals surface area contributed by atoms with Gasteiger partial charge in [0.1, 0.15) is 17.6 Å². The van der Waals surface area contributed by atoms with Gasteiger partial charge in [0, 0.05) is 73.4 Å². The molecule has 2 aromatic carbocycles. The van der Waals surface area contributed by atoms with Crippen LogP contribution in [0.15, 0.2) is 42.2 Å². The van der Waals surface area contributed by atoms with Crippen LogP contribution in [0.5, 0.6) is 17.2 Å². The zero-order valence-electron chi connectivity index (χ0n) is 34.7. The van der Waals surface area contributed by atoms with E-state index in [1.165, 1.54) is 59.3 Å². The number of fused-ring (bicyclic) bond motifs is 14. The summed E-state index contributed by atoms with van der Waals surface area (Å²) in [6.45, 7) is 14.4. The molecule has 4 aliphatic rings. The van der Waals surface area contributed by atoms with Crippen LogP contribution in [0.4, 0.5) is 11.4 Å². The Morgan fingerprint density at radius 3 is 2.29 bits per heavy atom. The average Bonchev–Trinajstić information content (AvgIpc) is 3.69. The van der Waals surface area contributed by atoms with Crippen LogP contribution in [0.1, 0.15) is 77.7 Å². The van der Waals surface area contributed by atoms with Gasteiger partial charge in [-0.25, -0.2) is 0 Å². The second-order valence-corrected chi connectivity index (χ2v) is 16.2. The number of rotatable bonds is 4. The van der Waals surface area contributed by atoms with Gasteiger partial charge >= 0.3 is 11.8 Å². The molecule has 0 spiro atoms. The van der Waals surface area contributed by atoms with Gasteiger partial charge in [-0.3, -0.25) is 14.4 Å². The number of aliphatic hydroxyl groups excluding tert-OH is 4. The van der Waals surface area contributed by atoms with Crippen molar-refractivity contribution in [3.8, 4) is 17.2 Å². The molecule has 0 saturated carbocycles. The van der Waals surface area contributed by atoms with Gasteiger partial charge in [0.25, 0.3) is 11.7 Å². The van der Waals surface area contributed by atoms with E-state index in [1.807, 2.05) is 0 Å². The number of benzene rings is 2. The van der Waals surface area contributed by atoms with Crippen molar-refractivity contribution in [1.82, 2.24) is 0 Å². The fraction of sp³-hybridized carbons (Fsp3) is 0.558. The van der Waals surface area contributed by atoms with Crippen LogP contribution in [-0.4, -0.2) is 110 Å². The predicted octanol–water partition coefficient (Wildman–Crippen LogP) is 4.37. The fourth-order valence-corrected chi connectivity index (χ4v) is 8.54. The van der Waals surface area contributed by atoms with Crippen LogP contribution in [0.25, 0.3) is 10.8 Å². The number of carbonyl (C=O) groups is 3. The van der Waals surface area contributed by atoms with E-state index in [0.29, 0.717) is 0 Å². The zero-order chi connectivity index (χ0) is 43.1. The van der Waals surface area contributed by atoms with Gasteiger partial charge in [-0.05, 0) is 39.3 Å². The van der Waals surface area contributed by atoms with Gasteiger partial charge < -0.3 is 59.8 Å².